The van der Waals surface area contributed by atoms with Crippen LogP contribution < -0.4 is 10.1 Å². The Labute approximate surface area is 175 Å². The quantitative estimate of drug-likeness (QED) is 0.598. The van der Waals surface area contributed by atoms with E-state index in [1.807, 2.05) is 0 Å². The number of amides is 1. The zero-order valence-corrected chi connectivity index (χ0v) is 16.9. The van der Waals surface area contributed by atoms with Gasteiger partial charge in [-0.1, -0.05) is 25.0 Å². The summed E-state index contributed by atoms with van der Waals surface area (Å²) in [5.74, 6) is -0.983. The van der Waals surface area contributed by atoms with Crippen molar-refractivity contribution in [2.24, 2.45) is 5.92 Å². The van der Waals surface area contributed by atoms with Crippen LogP contribution in [0.4, 0.5) is 13.2 Å². The number of benzene rings is 1. The van der Waals surface area contributed by atoms with Crippen LogP contribution in [-0.2, 0) is 4.79 Å². The van der Waals surface area contributed by atoms with Gasteiger partial charge in [-0.3, -0.25) is 9.59 Å². The average Bonchev–Trinajstić information content (AvgIpc) is 3.16. The summed E-state index contributed by atoms with van der Waals surface area (Å²) in [4.78, 5) is 23.9. The van der Waals surface area contributed by atoms with E-state index < -0.39 is 12.3 Å². The highest BCUT2D eigenvalue weighted by Crippen LogP contribution is 2.31. The molecule has 2 aromatic rings. The number of carboxylic acid groups (broad SMARTS) is 1. The second kappa shape index (κ2) is 9.51. The standard InChI is InChI=1S/C21H22F3NO4S/c22-21(23,24)29-17-7-5-14(6-8-17)15-11-18(30-12-15)20(28)25-16-3-1-2-13(10-16)4-9-19(26)27/h5-8,11-13,16H,1-4,9-10H2,(H,25,28)(H,26,27). The Balaban J connectivity index is 1.57. The minimum atomic E-state index is -4.74. The molecule has 0 radical (unpaired) electrons. The van der Waals surface area contributed by atoms with Crippen molar-refractivity contribution in [1.29, 1.82) is 0 Å². The molecule has 5 nitrogen and oxygen atoms in total. The maximum Gasteiger partial charge on any atom is 0.573 e. The normalized spacial score (nSPS) is 19.3. The molecule has 1 saturated carbocycles. The molecule has 0 bridgehead atoms. The maximum absolute atomic E-state index is 12.6. The molecule has 2 atom stereocenters. The van der Waals surface area contributed by atoms with E-state index >= 15 is 0 Å². The predicted molar refractivity (Wildman–Crippen MR) is 107 cm³/mol. The third kappa shape index (κ3) is 6.48. The van der Waals surface area contributed by atoms with Gasteiger partial charge in [-0.2, -0.15) is 0 Å². The van der Waals surface area contributed by atoms with Gasteiger partial charge in [0.2, 0.25) is 0 Å². The van der Waals surface area contributed by atoms with Gasteiger partial charge in [-0.15, -0.1) is 24.5 Å². The topological polar surface area (TPSA) is 75.6 Å². The van der Waals surface area contributed by atoms with E-state index in [9.17, 15) is 22.8 Å². The molecule has 0 spiro atoms. The Kier molecular flexibility index (Phi) is 7.02. The second-order valence-corrected chi connectivity index (χ2v) is 8.32. The van der Waals surface area contributed by atoms with Crippen LogP contribution in [0.25, 0.3) is 11.1 Å². The van der Waals surface area contributed by atoms with Crippen LogP contribution in [0.2, 0.25) is 0 Å². The summed E-state index contributed by atoms with van der Waals surface area (Å²) >= 11 is 1.27. The number of rotatable bonds is 7. The maximum atomic E-state index is 12.6. The molecule has 1 amide bonds. The summed E-state index contributed by atoms with van der Waals surface area (Å²) in [5.41, 5.74) is 1.43. The Morgan fingerprint density at radius 1 is 1.17 bits per heavy atom. The molecule has 1 fully saturated rings. The highest BCUT2D eigenvalue weighted by atomic mass is 32.1. The molecular weight excluding hydrogens is 419 g/mol. The minimum absolute atomic E-state index is 0.0226. The zero-order chi connectivity index (χ0) is 21.7. The van der Waals surface area contributed by atoms with Crippen LogP contribution >= 0.6 is 11.3 Å². The molecule has 1 aliphatic rings. The predicted octanol–water partition coefficient (Wildman–Crippen LogP) is 5.47. The lowest BCUT2D eigenvalue weighted by Crippen LogP contribution is -2.38. The molecule has 3 rings (SSSR count). The zero-order valence-electron chi connectivity index (χ0n) is 16.1. The minimum Gasteiger partial charge on any atom is -0.481 e. The van der Waals surface area contributed by atoms with Gasteiger partial charge in [0.05, 0.1) is 4.88 Å². The Hall–Kier alpha value is -2.55. The van der Waals surface area contributed by atoms with E-state index in [0.717, 1.165) is 31.2 Å². The highest BCUT2D eigenvalue weighted by molar-refractivity contribution is 7.12. The van der Waals surface area contributed by atoms with Crippen LogP contribution in [-0.4, -0.2) is 29.4 Å². The first-order valence-electron chi connectivity index (χ1n) is 9.67. The van der Waals surface area contributed by atoms with Crippen LogP contribution in [0.1, 0.15) is 48.2 Å². The van der Waals surface area contributed by atoms with Crippen molar-refractivity contribution in [2.45, 2.75) is 50.9 Å². The van der Waals surface area contributed by atoms with Gasteiger partial charge in [0.25, 0.3) is 5.91 Å². The van der Waals surface area contributed by atoms with E-state index in [0.29, 0.717) is 22.8 Å². The summed E-state index contributed by atoms with van der Waals surface area (Å²) in [6.07, 6.45) is -0.382. The molecule has 1 aliphatic carbocycles. The van der Waals surface area contributed by atoms with E-state index in [1.165, 1.54) is 35.6 Å². The van der Waals surface area contributed by atoms with Crippen molar-refractivity contribution in [2.75, 3.05) is 0 Å². The summed E-state index contributed by atoms with van der Waals surface area (Å²) in [5, 5.41) is 13.7. The first-order valence-corrected chi connectivity index (χ1v) is 10.5. The van der Waals surface area contributed by atoms with Crippen LogP contribution in [0.3, 0.4) is 0 Å². The molecule has 0 aliphatic heterocycles. The third-order valence-corrected chi connectivity index (χ3v) is 6.06. The Morgan fingerprint density at radius 2 is 1.90 bits per heavy atom. The van der Waals surface area contributed by atoms with E-state index in [4.69, 9.17) is 5.11 Å². The fourth-order valence-electron chi connectivity index (χ4n) is 3.72. The van der Waals surface area contributed by atoms with Crippen LogP contribution in [0.15, 0.2) is 35.7 Å². The van der Waals surface area contributed by atoms with Crippen LogP contribution in [0.5, 0.6) is 5.75 Å². The molecule has 1 heterocycles. The van der Waals surface area contributed by atoms with Crippen molar-refractivity contribution in [3.63, 3.8) is 0 Å². The molecule has 162 valence electrons. The molecule has 0 saturated heterocycles. The lowest BCUT2D eigenvalue weighted by Gasteiger charge is -2.29. The molecule has 2 N–H and O–H groups in total. The fraction of sp³-hybridized carbons (Fsp3) is 0.429. The van der Waals surface area contributed by atoms with Gasteiger partial charge in [-0.25, -0.2) is 0 Å². The molecule has 30 heavy (non-hydrogen) atoms. The van der Waals surface area contributed by atoms with Crippen molar-refractivity contribution in [1.82, 2.24) is 5.32 Å². The number of carbonyl (C=O) groups excluding carboxylic acids is 1. The number of halogens is 3. The lowest BCUT2D eigenvalue weighted by atomic mass is 9.83. The van der Waals surface area contributed by atoms with Crippen molar-refractivity contribution >= 4 is 23.2 Å². The van der Waals surface area contributed by atoms with Crippen molar-refractivity contribution in [3.8, 4) is 16.9 Å². The van der Waals surface area contributed by atoms with Gasteiger partial charge >= 0.3 is 12.3 Å². The molecular formula is C21H22F3NO4S. The molecule has 1 aromatic carbocycles. The average molecular weight is 441 g/mol. The van der Waals surface area contributed by atoms with Gasteiger partial charge in [-0.05, 0) is 59.9 Å². The summed E-state index contributed by atoms with van der Waals surface area (Å²) in [6, 6.07) is 7.23. The number of thiophene rings is 1. The number of aliphatic carboxylic acids is 1. The first-order chi connectivity index (χ1) is 14.2. The number of nitrogens with one attached hydrogen (secondary N) is 1. The Morgan fingerprint density at radius 3 is 2.57 bits per heavy atom. The van der Waals surface area contributed by atoms with Gasteiger partial charge in [0, 0.05) is 12.5 Å². The van der Waals surface area contributed by atoms with E-state index in [2.05, 4.69) is 10.1 Å². The smallest absolute Gasteiger partial charge is 0.481 e. The molecule has 9 heteroatoms. The monoisotopic (exact) mass is 441 g/mol. The molecule has 1 aromatic heterocycles. The fourth-order valence-corrected chi connectivity index (χ4v) is 4.54. The number of alkyl halides is 3. The van der Waals surface area contributed by atoms with E-state index in [-0.39, 0.29) is 24.1 Å². The number of hydrogen-bond donors (Lipinski definition) is 2. The van der Waals surface area contributed by atoms with E-state index in [1.54, 1.807) is 11.4 Å². The first kappa shape index (κ1) is 22.1. The highest BCUT2D eigenvalue weighted by Gasteiger charge is 2.31. The van der Waals surface area contributed by atoms with Crippen LogP contribution in [0, 0.1) is 5.92 Å². The van der Waals surface area contributed by atoms with Crippen molar-refractivity contribution < 1.29 is 32.6 Å². The number of hydrogen-bond acceptors (Lipinski definition) is 4. The SMILES string of the molecule is O=C(O)CCC1CCCC(NC(=O)c2cc(-c3ccc(OC(F)(F)F)cc3)cs2)C1. The summed E-state index contributed by atoms with van der Waals surface area (Å²) < 4.78 is 40.6. The summed E-state index contributed by atoms with van der Waals surface area (Å²) in [7, 11) is 0. The lowest BCUT2D eigenvalue weighted by molar-refractivity contribution is -0.274. The number of ether oxygens (including phenoxy) is 1. The second-order valence-electron chi connectivity index (χ2n) is 7.41. The summed E-state index contributed by atoms with van der Waals surface area (Å²) in [6.45, 7) is 0. The van der Waals surface area contributed by atoms with Gasteiger partial charge in [0.15, 0.2) is 0 Å². The van der Waals surface area contributed by atoms with Gasteiger partial charge in [0.1, 0.15) is 5.75 Å². The van der Waals surface area contributed by atoms with Gasteiger partial charge < -0.3 is 15.2 Å². The number of carbonyl (C=O) groups is 2. The Bertz CT molecular complexity index is 879. The van der Waals surface area contributed by atoms with Crippen molar-refractivity contribution in [3.05, 3.63) is 40.6 Å². The third-order valence-electron chi connectivity index (χ3n) is 5.13. The largest absolute Gasteiger partial charge is 0.573 e. The number of carboxylic acids is 1. The molecule has 2 unspecified atom stereocenters.